The summed E-state index contributed by atoms with van der Waals surface area (Å²) in [4.78, 5) is 11.9. The number of carbonyl (C=O) groups is 1. The second-order valence-corrected chi connectivity index (χ2v) is 6.74. The third kappa shape index (κ3) is 4.71. The van der Waals surface area contributed by atoms with Crippen molar-refractivity contribution in [3.8, 4) is 11.4 Å². The molecule has 0 aliphatic carbocycles. The molecule has 26 heavy (non-hydrogen) atoms. The quantitative estimate of drug-likeness (QED) is 0.401. The first-order valence-corrected chi connectivity index (χ1v) is 9.15. The molecule has 6 nitrogen and oxygen atoms in total. The van der Waals surface area contributed by atoms with Crippen LogP contribution in [-0.4, -0.2) is 32.6 Å². The molecule has 1 heterocycles. The highest BCUT2D eigenvalue weighted by molar-refractivity contribution is 7.99. The van der Waals surface area contributed by atoms with E-state index in [1.54, 1.807) is 18.3 Å². The lowest BCUT2D eigenvalue weighted by Gasteiger charge is -2.03. The van der Waals surface area contributed by atoms with Gasteiger partial charge < -0.3 is 4.57 Å². The first kappa shape index (κ1) is 18.2. The number of nitrogens with one attached hydrogen (secondary N) is 1. The van der Waals surface area contributed by atoms with E-state index >= 15 is 0 Å². The standard InChI is InChI=1S/C18H16ClN5OS/c1-24-17(14-7-9-15(19)10-8-14)22-23-18(24)26-12-16(25)21-20-11-13-5-3-2-4-6-13/h2-11H,12H2,1H3,(H,21,25)/b20-11+. The summed E-state index contributed by atoms with van der Waals surface area (Å²) in [5.41, 5.74) is 4.33. The molecule has 0 unspecified atom stereocenters. The molecule has 0 radical (unpaired) electrons. The lowest BCUT2D eigenvalue weighted by molar-refractivity contribution is -0.118. The number of aromatic nitrogens is 3. The minimum Gasteiger partial charge on any atom is -0.305 e. The van der Waals surface area contributed by atoms with Gasteiger partial charge in [-0.2, -0.15) is 5.10 Å². The number of carbonyl (C=O) groups excluding carboxylic acids is 1. The van der Waals surface area contributed by atoms with Gasteiger partial charge >= 0.3 is 0 Å². The Kier molecular flexibility index (Phi) is 6.04. The number of thioether (sulfide) groups is 1. The van der Waals surface area contributed by atoms with E-state index in [1.165, 1.54) is 11.8 Å². The van der Waals surface area contributed by atoms with Gasteiger partial charge in [-0.05, 0) is 29.8 Å². The lowest BCUT2D eigenvalue weighted by atomic mass is 10.2. The van der Waals surface area contributed by atoms with Crippen molar-refractivity contribution in [1.82, 2.24) is 20.2 Å². The first-order chi connectivity index (χ1) is 12.6. The molecule has 0 aliphatic rings. The van der Waals surface area contributed by atoms with Gasteiger partial charge in [0.2, 0.25) is 0 Å². The van der Waals surface area contributed by atoms with Crippen molar-refractivity contribution in [2.45, 2.75) is 5.16 Å². The maximum absolute atomic E-state index is 11.9. The maximum atomic E-state index is 11.9. The summed E-state index contributed by atoms with van der Waals surface area (Å²) in [6.45, 7) is 0. The molecule has 2 aromatic carbocycles. The molecule has 8 heteroatoms. The largest absolute Gasteiger partial charge is 0.305 e. The zero-order valence-corrected chi connectivity index (χ0v) is 15.5. The van der Waals surface area contributed by atoms with Crippen LogP contribution in [-0.2, 0) is 11.8 Å². The highest BCUT2D eigenvalue weighted by Gasteiger charge is 2.12. The number of amides is 1. The van der Waals surface area contributed by atoms with E-state index < -0.39 is 0 Å². The molecule has 1 amide bonds. The van der Waals surface area contributed by atoms with Crippen LogP contribution >= 0.6 is 23.4 Å². The van der Waals surface area contributed by atoms with Crippen molar-refractivity contribution in [3.63, 3.8) is 0 Å². The predicted molar refractivity (Wildman–Crippen MR) is 104 cm³/mol. The van der Waals surface area contributed by atoms with Crippen LogP contribution < -0.4 is 5.43 Å². The third-order valence-corrected chi connectivity index (χ3v) is 4.74. The SMILES string of the molecule is Cn1c(SCC(=O)N/N=C/c2ccccc2)nnc1-c1ccc(Cl)cc1. The van der Waals surface area contributed by atoms with Crippen LogP contribution in [0.5, 0.6) is 0 Å². The predicted octanol–water partition coefficient (Wildman–Crippen LogP) is 3.38. The second kappa shape index (κ2) is 8.64. The van der Waals surface area contributed by atoms with Crippen LogP contribution in [0.1, 0.15) is 5.56 Å². The summed E-state index contributed by atoms with van der Waals surface area (Å²) < 4.78 is 1.84. The molecular formula is C18H16ClN5OS. The first-order valence-electron chi connectivity index (χ1n) is 7.78. The number of benzene rings is 2. The lowest BCUT2D eigenvalue weighted by Crippen LogP contribution is -2.19. The van der Waals surface area contributed by atoms with Crippen LogP contribution in [0.15, 0.2) is 64.9 Å². The average Bonchev–Trinajstić information content (AvgIpc) is 3.02. The van der Waals surface area contributed by atoms with Crippen LogP contribution in [0.25, 0.3) is 11.4 Å². The smallest absolute Gasteiger partial charge is 0.250 e. The van der Waals surface area contributed by atoms with Crippen molar-refractivity contribution in [3.05, 3.63) is 65.2 Å². The van der Waals surface area contributed by atoms with Crippen molar-refractivity contribution in [2.24, 2.45) is 12.1 Å². The molecule has 0 atom stereocenters. The zero-order chi connectivity index (χ0) is 18.4. The van der Waals surface area contributed by atoms with Crippen molar-refractivity contribution < 1.29 is 4.79 Å². The molecule has 0 spiro atoms. The summed E-state index contributed by atoms with van der Waals surface area (Å²) >= 11 is 7.20. The number of hydrogen-bond acceptors (Lipinski definition) is 5. The molecular weight excluding hydrogens is 370 g/mol. The van der Waals surface area contributed by atoms with Gasteiger partial charge in [-0.15, -0.1) is 10.2 Å². The van der Waals surface area contributed by atoms with Gasteiger partial charge in [0.15, 0.2) is 11.0 Å². The van der Waals surface area contributed by atoms with E-state index in [-0.39, 0.29) is 11.7 Å². The molecule has 0 aliphatic heterocycles. The summed E-state index contributed by atoms with van der Waals surface area (Å²) in [6.07, 6.45) is 1.60. The molecule has 0 bridgehead atoms. The van der Waals surface area contributed by atoms with Crippen LogP contribution in [0.2, 0.25) is 5.02 Å². The summed E-state index contributed by atoms with van der Waals surface area (Å²) in [5, 5.41) is 13.6. The highest BCUT2D eigenvalue weighted by atomic mass is 35.5. The fourth-order valence-corrected chi connectivity index (χ4v) is 3.00. The molecule has 0 saturated heterocycles. The molecule has 3 rings (SSSR count). The Labute approximate surface area is 160 Å². The normalized spacial score (nSPS) is 11.0. The van der Waals surface area contributed by atoms with Crippen LogP contribution in [0, 0.1) is 0 Å². The summed E-state index contributed by atoms with van der Waals surface area (Å²) in [6, 6.07) is 16.9. The minimum atomic E-state index is -0.210. The third-order valence-electron chi connectivity index (χ3n) is 3.47. The minimum absolute atomic E-state index is 0.193. The molecule has 0 fully saturated rings. The van der Waals surface area contributed by atoms with Crippen molar-refractivity contribution >= 4 is 35.5 Å². The van der Waals surface area contributed by atoms with Gasteiger partial charge in [0.05, 0.1) is 12.0 Å². The second-order valence-electron chi connectivity index (χ2n) is 5.36. The summed E-state index contributed by atoms with van der Waals surface area (Å²) in [7, 11) is 1.86. The Morgan fingerprint density at radius 3 is 2.65 bits per heavy atom. The van der Waals surface area contributed by atoms with Crippen molar-refractivity contribution in [2.75, 3.05) is 5.75 Å². The van der Waals surface area contributed by atoms with E-state index in [1.807, 2.05) is 54.1 Å². The van der Waals surface area contributed by atoms with Gasteiger partial charge in [-0.25, -0.2) is 5.43 Å². The Bertz CT molecular complexity index is 909. The average molecular weight is 386 g/mol. The van der Waals surface area contributed by atoms with Crippen LogP contribution in [0.3, 0.4) is 0 Å². The Hall–Kier alpha value is -2.64. The topological polar surface area (TPSA) is 72.2 Å². The van der Waals surface area contributed by atoms with E-state index in [9.17, 15) is 4.79 Å². The molecule has 1 N–H and O–H groups in total. The fourth-order valence-electron chi connectivity index (χ4n) is 2.17. The maximum Gasteiger partial charge on any atom is 0.250 e. The van der Waals surface area contributed by atoms with Gasteiger partial charge in [-0.1, -0.05) is 53.7 Å². The van der Waals surface area contributed by atoms with Crippen LogP contribution in [0.4, 0.5) is 0 Å². The Morgan fingerprint density at radius 2 is 1.92 bits per heavy atom. The summed E-state index contributed by atoms with van der Waals surface area (Å²) in [5.74, 6) is 0.698. The van der Waals surface area contributed by atoms with Gasteiger partial charge in [-0.3, -0.25) is 4.79 Å². The number of halogens is 1. The molecule has 0 saturated carbocycles. The molecule has 132 valence electrons. The number of nitrogens with zero attached hydrogens (tertiary/aromatic N) is 4. The highest BCUT2D eigenvalue weighted by Crippen LogP contribution is 2.23. The van der Waals surface area contributed by atoms with E-state index in [4.69, 9.17) is 11.6 Å². The molecule has 3 aromatic rings. The van der Waals surface area contributed by atoms with E-state index in [0.717, 1.165) is 11.1 Å². The van der Waals surface area contributed by atoms with Gasteiger partial charge in [0.25, 0.3) is 5.91 Å². The van der Waals surface area contributed by atoms with E-state index in [0.29, 0.717) is 16.0 Å². The number of rotatable bonds is 6. The Balaban J connectivity index is 1.55. The van der Waals surface area contributed by atoms with Gasteiger partial charge in [0, 0.05) is 17.6 Å². The number of hydrogen-bond donors (Lipinski definition) is 1. The van der Waals surface area contributed by atoms with Gasteiger partial charge in [0.1, 0.15) is 0 Å². The Morgan fingerprint density at radius 1 is 1.19 bits per heavy atom. The van der Waals surface area contributed by atoms with Crippen molar-refractivity contribution in [1.29, 1.82) is 0 Å². The number of hydrazone groups is 1. The fraction of sp³-hybridized carbons (Fsp3) is 0.111. The monoisotopic (exact) mass is 385 g/mol. The van der Waals surface area contributed by atoms with E-state index in [2.05, 4.69) is 20.7 Å². The molecule has 1 aromatic heterocycles. The zero-order valence-electron chi connectivity index (χ0n) is 14.0.